The molecule has 0 atom stereocenters. The van der Waals surface area contributed by atoms with Crippen molar-refractivity contribution in [2.45, 2.75) is 31.4 Å². The van der Waals surface area contributed by atoms with E-state index in [0.717, 1.165) is 18.5 Å². The predicted molar refractivity (Wildman–Crippen MR) is 67.3 cm³/mol. The smallest absolute Gasteiger partial charge is 0.372 e. The summed E-state index contributed by atoms with van der Waals surface area (Å²) in [6.07, 6.45) is -1.99. The van der Waals surface area contributed by atoms with Gasteiger partial charge in [0, 0.05) is 12.3 Å². The first-order valence-electron chi connectivity index (χ1n) is 5.73. The highest BCUT2D eigenvalue weighted by molar-refractivity contribution is 9.10. The van der Waals surface area contributed by atoms with Crippen LogP contribution in [0.3, 0.4) is 0 Å². The highest BCUT2D eigenvalue weighted by atomic mass is 79.9. The molecular weight excluding hydrogens is 348 g/mol. The van der Waals surface area contributed by atoms with E-state index in [1.165, 1.54) is 0 Å². The Kier molecular flexibility index (Phi) is 4.68. The molecule has 0 amide bonds. The Balaban J connectivity index is 1.93. The summed E-state index contributed by atoms with van der Waals surface area (Å²) in [5.74, 6) is 0.794. The van der Waals surface area contributed by atoms with Gasteiger partial charge >= 0.3 is 6.18 Å². The summed E-state index contributed by atoms with van der Waals surface area (Å²) < 4.78 is 40.9. The Bertz CT molecular complexity index is 466. The standard InChI is InChI=1S/C11H11BrClF3N2O/c12-8-9(6-1-2-6)17-7(18-10(8)13)3-4-19-5-11(14,15)16/h6H,1-5H2. The van der Waals surface area contributed by atoms with Crippen molar-refractivity contribution in [2.24, 2.45) is 0 Å². The predicted octanol–water partition coefficient (Wildman–Crippen LogP) is 3.89. The quantitative estimate of drug-likeness (QED) is 0.591. The molecule has 0 saturated heterocycles. The van der Waals surface area contributed by atoms with Crippen LogP contribution in [0.2, 0.25) is 5.15 Å². The highest BCUT2D eigenvalue weighted by Crippen LogP contribution is 2.43. The molecule has 0 spiro atoms. The van der Waals surface area contributed by atoms with Crippen LogP contribution in [0, 0.1) is 0 Å². The van der Waals surface area contributed by atoms with Crippen LogP contribution in [0.15, 0.2) is 4.47 Å². The summed E-state index contributed by atoms with van der Waals surface area (Å²) >= 11 is 9.28. The molecule has 1 aromatic rings. The molecule has 1 heterocycles. The number of nitrogens with zero attached hydrogens (tertiary/aromatic N) is 2. The molecule has 0 unspecified atom stereocenters. The lowest BCUT2D eigenvalue weighted by Crippen LogP contribution is -2.18. The monoisotopic (exact) mass is 358 g/mol. The molecule has 1 aliphatic carbocycles. The van der Waals surface area contributed by atoms with Gasteiger partial charge in [0.05, 0.1) is 16.8 Å². The lowest BCUT2D eigenvalue weighted by Gasteiger charge is -2.09. The average Bonchev–Trinajstić information content (AvgIpc) is 3.11. The molecular formula is C11H11BrClF3N2O. The van der Waals surface area contributed by atoms with Gasteiger partial charge in [-0.25, -0.2) is 9.97 Å². The van der Waals surface area contributed by atoms with Gasteiger partial charge in [-0.05, 0) is 28.8 Å². The van der Waals surface area contributed by atoms with Gasteiger partial charge in [0.1, 0.15) is 17.6 Å². The third-order valence-corrected chi connectivity index (χ3v) is 3.87. The van der Waals surface area contributed by atoms with Crippen molar-refractivity contribution in [3.63, 3.8) is 0 Å². The third-order valence-electron chi connectivity index (χ3n) is 2.58. The number of ether oxygens (including phenoxy) is 1. The average molecular weight is 360 g/mol. The number of rotatable bonds is 5. The van der Waals surface area contributed by atoms with E-state index in [0.29, 0.717) is 21.4 Å². The van der Waals surface area contributed by atoms with Gasteiger partial charge in [0.15, 0.2) is 0 Å². The van der Waals surface area contributed by atoms with E-state index in [9.17, 15) is 13.2 Å². The van der Waals surface area contributed by atoms with Gasteiger partial charge in [0.2, 0.25) is 0 Å². The molecule has 0 aliphatic heterocycles. The minimum atomic E-state index is -4.31. The van der Waals surface area contributed by atoms with Crippen molar-refractivity contribution in [1.82, 2.24) is 9.97 Å². The second-order valence-corrected chi connectivity index (χ2v) is 5.47. The second kappa shape index (κ2) is 5.93. The molecule has 1 saturated carbocycles. The van der Waals surface area contributed by atoms with E-state index in [2.05, 4.69) is 30.6 Å². The zero-order valence-corrected chi connectivity index (χ0v) is 12.1. The van der Waals surface area contributed by atoms with E-state index >= 15 is 0 Å². The number of aromatic nitrogens is 2. The van der Waals surface area contributed by atoms with Gasteiger partial charge in [-0.1, -0.05) is 11.6 Å². The third kappa shape index (κ3) is 4.57. The van der Waals surface area contributed by atoms with Gasteiger partial charge in [-0.2, -0.15) is 13.2 Å². The van der Waals surface area contributed by atoms with E-state index in [-0.39, 0.29) is 13.0 Å². The fourth-order valence-corrected chi connectivity index (χ4v) is 2.27. The molecule has 0 radical (unpaired) electrons. The molecule has 1 fully saturated rings. The maximum absolute atomic E-state index is 11.9. The lowest BCUT2D eigenvalue weighted by molar-refractivity contribution is -0.173. The van der Waals surface area contributed by atoms with Crippen LogP contribution in [0.4, 0.5) is 13.2 Å². The van der Waals surface area contributed by atoms with Crippen molar-refractivity contribution in [1.29, 1.82) is 0 Å². The van der Waals surface area contributed by atoms with Crippen LogP contribution in [0.5, 0.6) is 0 Å². The maximum atomic E-state index is 11.9. The first-order chi connectivity index (χ1) is 8.87. The summed E-state index contributed by atoms with van der Waals surface area (Å²) in [7, 11) is 0. The van der Waals surface area contributed by atoms with E-state index in [1.54, 1.807) is 0 Å². The number of halogens is 5. The summed E-state index contributed by atoms with van der Waals surface area (Å²) in [6.45, 7) is -1.34. The highest BCUT2D eigenvalue weighted by Gasteiger charge is 2.29. The summed E-state index contributed by atoms with van der Waals surface area (Å²) in [4.78, 5) is 8.35. The number of hydrogen-bond donors (Lipinski definition) is 0. The molecule has 8 heteroatoms. The van der Waals surface area contributed by atoms with Crippen molar-refractivity contribution in [3.8, 4) is 0 Å². The fourth-order valence-electron chi connectivity index (χ4n) is 1.57. The first kappa shape index (κ1) is 15.0. The van der Waals surface area contributed by atoms with Crippen molar-refractivity contribution in [3.05, 3.63) is 21.1 Å². The summed E-state index contributed by atoms with van der Waals surface area (Å²) in [5.41, 5.74) is 0.839. The Hall–Kier alpha value is -0.400. The van der Waals surface area contributed by atoms with Crippen molar-refractivity contribution >= 4 is 27.5 Å². The van der Waals surface area contributed by atoms with Crippen molar-refractivity contribution in [2.75, 3.05) is 13.2 Å². The van der Waals surface area contributed by atoms with E-state index < -0.39 is 12.8 Å². The van der Waals surface area contributed by atoms with Gasteiger partial charge in [-0.3, -0.25) is 0 Å². The van der Waals surface area contributed by atoms with Gasteiger partial charge in [-0.15, -0.1) is 0 Å². The molecule has 1 aliphatic rings. The fraction of sp³-hybridized carbons (Fsp3) is 0.636. The zero-order chi connectivity index (χ0) is 14.0. The topological polar surface area (TPSA) is 35.0 Å². The van der Waals surface area contributed by atoms with Crippen LogP contribution in [-0.4, -0.2) is 29.4 Å². The minimum Gasteiger partial charge on any atom is -0.372 e. The van der Waals surface area contributed by atoms with Crippen LogP contribution in [0.1, 0.15) is 30.3 Å². The normalized spacial score (nSPS) is 15.8. The van der Waals surface area contributed by atoms with E-state index in [4.69, 9.17) is 11.6 Å². The molecule has 3 nitrogen and oxygen atoms in total. The molecule has 0 bridgehead atoms. The maximum Gasteiger partial charge on any atom is 0.411 e. The Morgan fingerprint density at radius 3 is 2.58 bits per heavy atom. The first-order valence-corrected chi connectivity index (χ1v) is 6.90. The van der Waals surface area contributed by atoms with Gasteiger partial charge in [0.25, 0.3) is 0 Å². The molecule has 106 valence electrons. The van der Waals surface area contributed by atoms with Crippen LogP contribution in [0.25, 0.3) is 0 Å². The number of hydrogen-bond acceptors (Lipinski definition) is 3. The van der Waals surface area contributed by atoms with E-state index in [1.807, 2.05) is 0 Å². The number of alkyl halides is 3. The molecule has 0 aromatic carbocycles. The summed E-state index contributed by atoms with van der Waals surface area (Å²) in [6, 6.07) is 0. The second-order valence-electron chi connectivity index (χ2n) is 4.32. The molecule has 1 aromatic heterocycles. The Labute approximate surface area is 121 Å². The molecule has 19 heavy (non-hydrogen) atoms. The van der Waals surface area contributed by atoms with Gasteiger partial charge < -0.3 is 4.74 Å². The Morgan fingerprint density at radius 2 is 2.00 bits per heavy atom. The Morgan fingerprint density at radius 1 is 1.32 bits per heavy atom. The van der Waals surface area contributed by atoms with Crippen molar-refractivity contribution < 1.29 is 17.9 Å². The molecule has 0 N–H and O–H groups in total. The largest absolute Gasteiger partial charge is 0.411 e. The van der Waals surface area contributed by atoms with Crippen LogP contribution < -0.4 is 0 Å². The molecule has 2 rings (SSSR count). The zero-order valence-electron chi connectivity index (χ0n) is 9.81. The SMILES string of the molecule is FC(F)(F)COCCc1nc(Cl)c(Br)c(C2CC2)n1. The van der Waals surface area contributed by atoms with Crippen LogP contribution >= 0.6 is 27.5 Å². The minimum absolute atomic E-state index is 0.0818. The van der Waals surface area contributed by atoms with Crippen LogP contribution in [-0.2, 0) is 11.2 Å². The summed E-state index contributed by atoms with van der Waals surface area (Å²) in [5, 5.41) is 0.294. The lowest BCUT2D eigenvalue weighted by atomic mass is 10.3.